The van der Waals surface area contributed by atoms with Crippen LogP contribution < -0.4 is 10.1 Å². The standard InChI is InChI=1S/C14H15F2N3O/c1-2-18-13(12-9-17-6-7-19-12)10-4-3-5-11(8-10)20-14(15)16/h3-9,13-14,18H,2H2,1H3. The summed E-state index contributed by atoms with van der Waals surface area (Å²) in [7, 11) is 0. The monoisotopic (exact) mass is 279 g/mol. The van der Waals surface area contributed by atoms with E-state index in [4.69, 9.17) is 0 Å². The highest BCUT2D eigenvalue weighted by Crippen LogP contribution is 2.24. The highest BCUT2D eigenvalue weighted by molar-refractivity contribution is 5.34. The highest BCUT2D eigenvalue weighted by atomic mass is 19.3. The van der Waals surface area contributed by atoms with E-state index in [9.17, 15) is 8.78 Å². The molecule has 0 fully saturated rings. The van der Waals surface area contributed by atoms with Gasteiger partial charge in [0.15, 0.2) is 0 Å². The number of hydrogen-bond acceptors (Lipinski definition) is 4. The molecule has 6 heteroatoms. The Morgan fingerprint density at radius 1 is 1.30 bits per heavy atom. The maximum atomic E-state index is 12.3. The summed E-state index contributed by atoms with van der Waals surface area (Å²) in [5, 5.41) is 3.25. The summed E-state index contributed by atoms with van der Waals surface area (Å²) in [4.78, 5) is 8.28. The molecule has 0 spiro atoms. The van der Waals surface area contributed by atoms with E-state index in [1.807, 2.05) is 13.0 Å². The molecule has 0 radical (unpaired) electrons. The zero-order valence-electron chi connectivity index (χ0n) is 11.0. The Kier molecular flexibility index (Phi) is 4.95. The van der Waals surface area contributed by atoms with Gasteiger partial charge in [-0.25, -0.2) is 0 Å². The van der Waals surface area contributed by atoms with Gasteiger partial charge >= 0.3 is 6.61 Å². The fraction of sp³-hybridized carbons (Fsp3) is 0.286. The second kappa shape index (κ2) is 6.91. The van der Waals surface area contributed by atoms with Gasteiger partial charge < -0.3 is 10.1 Å². The molecule has 20 heavy (non-hydrogen) atoms. The van der Waals surface area contributed by atoms with Crippen molar-refractivity contribution in [2.24, 2.45) is 0 Å². The van der Waals surface area contributed by atoms with Crippen molar-refractivity contribution in [3.8, 4) is 5.75 Å². The predicted molar refractivity (Wildman–Crippen MR) is 70.6 cm³/mol. The van der Waals surface area contributed by atoms with Crippen LogP contribution in [-0.4, -0.2) is 23.1 Å². The minimum atomic E-state index is -2.83. The first-order chi connectivity index (χ1) is 9.70. The predicted octanol–water partition coefficient (Wildman–Crippen LogP) is 2.78. The third kappa shape index (κ3) is 3.71. The SMILES string of the molecule is CCNC(c1cccc(OC(F)F)c1)c1cnccn1. The molecule has 1 atom stereocenters. The number of nitrogens with one attached hydrogen (secondary N) is 1. The first-order valence-electron chi connectivity index (χ1n) is 6.24. The number of alkyl halides is 2. The third-order valence-corrected chi connectivity index (χ3v) is 2.70. The number of nitrogens with zero attached hydrogens (tertiary/aromatic N) is 2. The van der Waals surface area contributed by atoms with Gasteiger partial charge in [-0.1, -0.05) is 19.1 Å². The molecule has 0 aliphatic rings. The lowest BCUT2D eigenvalue weighted by molar-refractivity contribution is -0.0498. The average molecular weight is 279 g/mol. The van der Waals surface area contributed by atoms with Crippen LogP contribution in [0.5, 0.6) is 5.75 Å². The summed E-state index contributed by atoms with van der Waals surface area (Å²) < 4.78 is 29.0. The Hall–Kier alpha value is -2.08. The van der Waals surface area contributed by atoms with Crippen LogP contribution in [0.15, 0.2) is 42.9 Å². The first kappa shape index (κ1) is 14.3. The lowest BCUT2D eigenvalue weighted by Crippen LogP contribution is -2.23. The lowest BCUT2D eigenvalue weighted by Gasteiger charge is -2.18. The van der Waals surface area contributed by atoms with Crippen LogP contribution in [-0.2, 0) is 0 Å². The van der Waals surface area contributed by atoms with Crippen molar-refractivity contribution in [1.82, 2.24) is 15.3 Å². The molecule has 0 amide bonds. The van der Waals surface area contributed by atoms with Gasteiger partial charge in [-0.15, -0.1) is 0 Å². The van der Waals surface area contributed by atoms with Crippen molar-refractivity contribution in [2.75, 3.05) is 6.54 Å². The molecule has 106 valence electrons. The van der Waals surface area contributed by atoms with Gasteiger partial charge in [-0.3, -0.25) is 9.97 Å². The van der Waals surface area contributed by atoms with Gasteiger partial charge in [0, 0.05) is 12.4 Å². The van der Waals surface area contributed by atoms with Crippen LogP contribution in [0.2, 0.25) is 0 Å². The molecule has 1 unspecified atom stereocenters. The summed E-state index contributed by atoms with van der Waals surface area (Å²) in [6.45, 7) is -0.163. The van der Waals surface area contributed by atoms with Crippen molar-refractivity contribution < 1.29 is 13.5 Å². The van der Waals surface area contributed by atoms with Crippen LogP contribution in [0.1, 0.15) is 24.2 Å². The smallest absolute Gasteiger partial charge is 0.387 e. The summed E-state index contributed by atoms with van der Waals surface area (Å²) in [6.07, 6.45) is 4.83. The van der Waals surface area contributed by atoms with Crippen molar-refractivity contribution >= 4 is 0 Å². The van der Waals surface area contributed by atoms with Gasteiger partial charge in [0.05, 0.1) is 17.9 Å². The minimum Gasteiger partial charge on any atom is -0.435 e. The van der Waals surface area contributed by atoms with Crippen molar-refractivity contribution in [3.63, 3.8) is 0 Å². The lowest BCUT2D eigenvalue weighted by atomic mass is 10.0. The Morgan fingerprint density at radius 2 is 2.15 bits per heavy atom. The Morgan fingerprint density at radius 3 is 2.80 bits per heavy atom. The maximum Gasteiger partial charge on any atom is 0.387 e. The van der Waals surface area contributed by atoms with E-state index in [0.717, 1.165) is 11.3 Å². The molecule has 0 bridgehead atoms. The van der Waals surface area contributed by atoms with Gasteiger partial charge in [0.25, 0.3) is 0 Å². The van der Waals surface area contributed by atoms with E-state index < -0.39 is 6.61 Å². The van der Waals surface area contributed by atoms with E-state index in [2.05, 4.69) is 20.0 Å². The molecule has 1 N–H and O–H groups in total. The zero-order chi connectivity index (χ0) is 14.4. The second-order valence-corrected chi connectivity index (χ2v) is 4.07. The van der Waals surface area contributed by atoms with E-state index in [0.29, 0.717) is 6.54 Å². The minimum absolute atomic E-state index is 0.129. The number of rotatable bonds is 6. The molecule has 1 aromatic heterocycles. The summed E-state index contributed by atoms with van der Waals surface area (Å²) in [5.41, 5.74) is 1.52. The van der Waals surface area contributed by atoms with Crippen molar-refractivity contribution in [1.29, 1.82) is 0 Å². The van der Waals surface area contributed by atoms with Gasteiger partial charge in [-0.2, -0.15) is 8.78 Å². The van der Waals surface area contributed by atoms with Gasteiger partial charge in [-0.05, 0) is 24.2 Å². The largest absolute Gasteiger partial charge is 0.435 e. The van der Waals surface area contributed by atoms with E-state index >= 15 is 0 Å². The molecule has 0 aliphatic carbocycles. The summed E-state index contributed by atoms with van der Waals surface area (Å²) in [5.74, 6) is 0.129. The molecular weight excluding hydrogens is 264 g/mol. The molecule has 1 aromatic carbocycles. The normalized spacial score (nSPS) is 12.4. The van der Waals surface area contributed by atoms with Crippen molar-refractivity contribution in [3.05, 3.63) is 54.1 Å². The topological polar surface area (TPSA) is 47.0 Å². The molecule has 1 heterocycles. The Labute approximate surface area is 115 Å². The number of halogens is 2. The molecule has 0 saturated heterocycles. The molecule has 2 aromatic rings. The average Bonchev–Trinajstić information content (AvgIpc) is 2.45. The van der Waals surface area contributed by atoms with Crippen LogP contribution in [0.3, 0.4) is 0 Å². The Balaban J connectivity index is 2.30. The van der Waals surface area contributed by atoms with Crippen LogP contribution in [0.4, 0.5) is 8.78 Å². The molecule has 0 aliphatic heterocycles. The van der Waals surface area contributed by atoms with Gasteiger partial charge in [0.1, 0.15) is 5.75 Å². The van der Waals surface area contributed by atoms with Gasteiger partial charge in [0.2, 0.25) is 0 Å². The number of aromatic nitrogens is 2. The molecular formula is C14H15F2N3O. The summed E-state index contributed by atoms with van der Waals surface area (Å²) in [6, 6.07) is 6.37. The van der Waals surface area contributed by atoms with Crippen molar-refractivity contribution in [2.45, 2.75) is 19.6 Å². The number of hydrogen-bond donors (Lipinski definition) is 1. The fourth-order valence-electron chi connectivity index (χ4n) is 1.93. The van der Waals surface area contributed by atoms with E-state index in [1.54, 1.807) is 30.7 Å². The Bertz CT molecular complexity index is 537. The fourth-order valence-corrected chi connectivity index (χ4v) is 1.93. The second-order valence-electron chi connectivity index (χ2n) is 4.07. The zero-order valence-corrected chi connectivity index (χ0v) is 11.0. The van der Waals surface area contributed by atoms with E-state index in [1.165, 1.54) is 6.07 Å². The van der Waals surface area contributed by atoms with Crippen LogP contribution in [0, 0.1) is 0 Å². The molecule has 2 rings (SSSR count). The quantitative estimate of drug-likeness (QED) is 0.883. The molecule has 0 saturated carbocycles. The molecule has 4 nitrogen and oxygen atoms in total. The third-order valence-electron chi connectivity index (χ3n) is 2.70. The van der Waals surface area contributed by atoms with Crippen LogP contribution in [0.25, 0.3) is 0 Å². The van der Waals surface area contributed by atoms with Crippen LogP contribution >= 0.6 is 0 Å². The first-order valence-corrected chi connectivity index (χ1v) is 6.24. The van der Waals surface area contributed by atoms with E-state index in [-0.39, 0.29) is 11.8 Å². The summed E-state index contributed by atoms with van der Waals surface area (Å²) >= 11 is 0. The highest BCUT2D eigenvalue weighted by Gasteiger charge is 2.15. The number of benzene rings is 1. The number of ether oxygens (including phenoxy) is 1. The maximum absolute atomic E-state index is 12.3.